The van der Waals surface area contributed by atoms with Crippen molar-refractivity contribution in [1.29, 1.82) is 0 Å². The van der Waals surface area contributed by atoms with E-state index in [1.54, 1.807) is 0 Å². The number of halogens is 2. The van der Waals surface area contributed by atoms with Crippen LogP contribution in [0, 0.1) is 5.82 Å². The normalized spacial score (nSPS) is 11.6. The fourth-order valence-corrected chi connectivity index (χ4v) is 2.06. The van der Waals surface area contributed by atoms with Crippen LogP contribution in [0.4, 0.5) is 4.39 Å². The highest BCUT2D eigenvalue weighted by Crippen LogP contribution is 2.22. The van der Waals surface area contributed by atoms with Crippen LogP contribution in [0.3, 0.4) is 0 Å². The topological polar surface area (TPSA) is 75.6 Å². The number of nitrogens with one attached hydrogen (secondary N) is 1. The number of benzene rings is 2. The van der Waals surface area contributed by atoms with Gasteiger partial charge in [-0.25, -0.2) is 9.18 Å². The van der Waals surface area contributed by atoms with Crippen LogP contribution in [0.2, 0.25) is 5.02 Å². The van der Waals surface area contributed by atoms with E-state index in [0.717, 1.165) is 0 Å². The summed E-state index contributed by atoms with van der Waals surface area (Å²) in [4.78, 5) is 23.9. The van der Waals surface area contributed by atoms with Gasteiger partial charge in [0.15, 0.2) is 6.10 Å². The largest absolute Gasteiger partial charge is 0.507 e. The molecule has 2 N–H and O–H groups in total. The number of esters is 1. The number of hydrogen-bond donors (Lipinski definition) is 2. The van der Waals surface area contributed by atoms with Crippen LogP contribution in [0.15, 0.2) is 42.5 Å². The summed E-state index contributed by atoms with van der Waals surface area (Å²) in [6.07, 6.45) is -1.07. The Hall–Kier alpha value is -2.60. The average Bonchev–Trinajstić information content (AvgIpc) is 2.56. The third-order valence-electron chi connectivity index (χ3n) is 3.21. The van der Waals surface area contributed by atoms with E-state index in [1.165, 1.54) is 49.4 Å². The van der Waals surface area contributed by atoms with Crippen LogP contribution in [0.25, 0.3) is 0 Å². The lowest BCUT2D eigenvalue weighted by Crippen LogP contribution is -2.35. The zero-order chi connectivity index (χ0) is 17.7. The predicted octanol–water partition coefficient (Wildman–Crippen LogP) is 3.05. The summed E-state index contributed by atoms with van der Waals surface area (Å²) >= 11 is 5.76. The Balaban J connectivity index is 1.92. The molecule has 2 rings (SSSR count). The van der Waals surface area contributed by atoms with Gasteiger partial charge < -0.3 is 15.2 Å². The molecule has 0 heterocycles. The van der Waals surface area contributed by atoms with Crippen molar-refractivity contribution in [2.24, 2.45) is 0 Å². The summed E-state index contributed by atoms with van der Waals surface area (Å²) in [5, 5.41) is 12.5. The van der Waals surface area contributed by atoms with Crippen molar-refractivity contribution in [2.75, 3.05) is 0 Å². The maximum Gasteiger partial charge on any atom is 0.342 e. The van der Waals surface area contributed by atoms with E-state index in [0.29, 0.717) is 5.56 Å². The van der Waals surface area contributed by atoms with Crippen molar-refractivity contribution in [3.63, 3.8) is 0 Å². The molecule has 2 aromatic carbocycles. The predicted molar refractivity (Wildman–Crippen MR) is 86.2 cm³/mol. The van der Waals surface area contributed by atoms with Gasteiger partial charge in [-0.05, 0) is 42.8 Å². The second-order valence-electron chi connectivity index (χ2n) is 5.05. The molecule has 0 aliphatic carbocycles. The molecule has 0 bridgehead atoms. The summed E-state index contributed by atoms with van der Waals surface area (Å²) in [5.41, 5.74) is 0.580. The van der Waals surface area contributed by atoms with Crippen LogP contribution in [0.5, 0.6) is 5.75 Å². The molecule has 0 aromatic heterocycles. The zero-order valence-corrected chi connectivity index (χ0v) is 13.5. The molecule has 24 heavy (non-hydrogen) atoms. The van der Waals surface area contributed by atoms with Gasteiger partial charge in [-0.2, -0.15) is 0 Å². The number of rotatable bonds is 5. The molecule has 126 valence electrons. The van der Waals surface area contributed by atoms with Gasteiger partial charge in [-0.15, -0.1) is 0 Å². The quantitative estimate of drug-likeness (QED) is 0.812. The number of aromatic hydroxyl groups is 1. The smallest absolute Gasteiger partial charge is 0.342 e. The van der Waals surface area contributed by atoms with E-state index >= 15 is 0 Å². The number of carbonyl (C=O) groups is 2. The van der Waals surface area contributed by atoms with Gasteiger partial charge in [-0.1, -0.05) is 23.7 Å². The minimum absolute atomic E-state index is 0.124. The first kappa shape index (κ1) is 17.7. The molecule has 1 unspecified atom stereocenters. The van der Waals surface area contributed by atoms with Gasteiger partial charge in [-0.3, -0.25) is 4.79 Å². The summed E-state index contributed by atoms with van der Waals surface area (Å²) in [6, 6.07) is 9.58. The van der Waals surface area contributed by atoms with Gasteiger partial charge in [0.05, 0.1) is 0 Å². The first-order valence-corrected chi connectivity index (χ1v) is 7.46. The monoisotopic (exact) mass is 351 g/mol. The maximum absolute atomic E-state index is 12.8. The summed E-state index contributed by atoms with van der Waals surface area (Å²) in [6.45, 7) is 1.57. The minimum Gasteiger partial charge on any atom is -0.507 e. The Labute approximate surface area is 143 Å². The van der Waals surface area contributed by atoms with E-state index < -0.39 is 18.0 Å². The molecule has 0 spiro atoms. The molecule has 0 aliphatic heterocycles. The van der Waals surface area contributed by atoms with E-state index in [-0.39, 0.29) is 28.7 Å². The van der Waals surface area contributed by atoms with Crippen LogP contribution < -0.4 is 5.32 Å². The van der Waals surface area contributed by atoms with Crippen LogP contribution in [-0.4, -0.2) is 23.1 Å². The third kappa shape index (κ3) is 4.70. The molecule has 1 atom stereocenters. The van der Waals surface area contributed by atoms with Crippen LogP contribution >= 0.6 is 11.6 Å². The first-order valence-electron chi connectivity index (χ1n) is 7.08. The van der Waals surface area contributed by atoms with Crippen molar-refractivity contribution in [3.05, 3.63) is 64.4 Å². The fraction of sp³-hybridized carbons (Fsp3) is 0.176. The second-order valence-corrected chi connectivity index (χ2v) is 5.49. The van der Waals surface area contributed by atoms with Gasteiger partial charge in [0.1, 0.15) is 17.1 Å². The summed E-state index contributed by atoms with van der Waals surface area (Å²) in [7, 11) is 0. The average molecular weight is 352 g/mol. The Bertz CT molecular complexity index is 749. The van der Waals surface area contributed by atoms with Gasteiger partial charge in [0.2, 0.25) is 0 Å². The number of phenolic OH excluding ortho intramolecular Hbond substituents is 1. The van der Waals surface area contributed by atoms with E-state index in [2.05, 4.69) is 5.32 Å². The molecule has 1 amide bonds. The number of hydrogen-bond acceptors (Lipinski definition) is 4. The Morgan fingerprint density at radius 2 is 1.92 bits per heavy atom. The fourth-order valence-electron chi connectivity index (χ4n) is 1.88. The molecule has 5 nitrogen and oxygen atoms in total. The van der Waals surface area contributed by atoms with E-state index in [4.69, 9.17) is 16.3 Å². The standard InChI is InChI=1S/C17H15ClFNO4/c1-10(16(22)20-9-11-2-5-13(19)6-3-11)24-17(23)14-8-12(18)4-7-15(14)21/h2-8,10,21H,9H2,1H3,(H,20,22). The maximum atomic E-state index is 12.8. The molecular formula is C17H15ClFNO4. The van der Waals surface area contributed by atoms with Gasteiger partial charge in [0, 0.05) is 11.6 Å². The van der Waals surface area contributed by atoms with Gasteiger partial charge >= 0.3 is 5.97 Å². The lowest BCUT2D eigenvalue weighted by Gasteiger charge is -2.14. The Morgan fingerprint density at radius 1 is 1.25 bits per heavy atom. The lowest BCUT2D eigenvalue weighted by atomic mass is 10.2. The SMILES string of the molecule is CC(OC(=O)c1cc(Cl)ccc1O)C(=O)NCc1ccc(F)cc1. The van der Waals surface area contributed by atoms with Gasteiger partial charge in [0.25, 0.3) is 5.91 Å². The van der Waals surface area contributed by atoms with E-state index in [9.17, 15) is 19.1 Å². The van der Waals surface area contributed by atoms with Crippen molar-refractivity contribution in [2.45, 2.75) is 19.6 Å². The molecule has 2 aromatic rings. The lowest BCUT2D eigenvalue weighted by molar-refractivity contribution is -0.129. The Morgan fingerprint density at radius 3 is 2.58 bits per heavy atom. The highest BCUT2D eigenvalue weighted by Gasteiger charge is 2.21. The highest BCUT2D eigenvalue weighted by molar-refractivity contribution is 6.31. The molecule has 0 aliphatic rings. The first-order chi connectivity index (χ1) is 11.4. The second kappa shape index (κ2) is 7.79. The number of carbonyl (C=O) groups excluding carboxylic acids is 2. The van der Waals surface area contributed by atoms with E-state index in [1.807, 2.05) is 0 Å². The number of phenols is 1. The van der Waals surface area contributed by atoms with Crippen molar-refractivity contribution >= 4 is 23.5 Å². The Kier molecular flexibility index (Phi) is 5.76. The molecule has 0 saturated carbocycles. The van der Waals surface area contributed by atoms with Crippen molar-refractivity contribution < 1.29 is 23.8 Å². The molecular weight excluding hydrogens is 337 g/mol. The summed E-state index contributed by atoms with van der Waals surface area (Å²) in [5.74, 6) is -2.04. The highest BCUT2D eigenvalue weighted by atomic mass is 35.5. The van der Waals surface area contributed by atoms with Crippen molar-refractivity contribution in [3.8, 4) is 5.75 Å². The zero-order valence-electron chi connectivity index (χ0n) is 12.8. The van der Waals surface area contributed by atoms with Crippen molar-refractivity contribution in [1.82, 2.24) is 5.32 Å². The minimum atomic E-state index is -1.07. The molecule has 0 radical (unpaired) electrons. The summed E-state index contributed by atoms with van der Waals surface area (Å²) < 4.78 is 17.8. The third-order valence-corrected chi connectivity index (χ3v) is 3.45. The van der Waals surface area contributed by atoms with Crippen LogP contribution in [0.1, 0.15) is 22.8 Å². The molecule has 7 heteroatoms. The molecule has 0 saturated heterocycles. The molecule has 0 fully saturated rings. The number of ether oxygens (including phenoxy) is 1. The van der Waals surface area contributed by atoms with Crippen LogP contribution in [-0.2, 0) is 16.1 Å². The number of amides is 1.